The summed E-state index contributed by atoms with van der Waals surface area (Å²) in [4.78, 5) is 11.4. The quantitative estimate of drug-likeness (QED) is 0.681. The normalized spacial score (nSPS) is 15.5. The number of hydrogen-bond acceptors (Lipinski definition) is 5. The molecule has 0 bridgehead atoms. The third-order valence-corrected chi connectivity index (χ3v) is 3.18. The molecular weight excluding hydrogens is 244 g/mol. The van der Waals surface area contributed by atoms with Gasteiger partial charge in [0.05, 0.1) is 0 Å². The maximum absolute atomic E-state index is 11.4. The standard InChI is InChI=1S/C12H16N6O/c19-12-16-15-11-2-1-10(17-18(11)12)14-8-5-9-3-6-13-7-4-9/h1-3,13H,4-8H2,(H,14,17)(H,16,19). The smallest absolute Gasteiger partial charge is 0.364 e. The third kappa shape index (κ3) is 2.65. The zero-order chi connectivity index (χ0) is 13.1. The molecule has 3 N–H and O–H groups in total. The highest BCUT2D eigenvalue weighted by atomic mass is 16.2. The van der Waals surface area contributed by atoms with Crippen LogP contribution in [0.2, 0.25) is 0 Å². The summed E-state index contributed by atoms with van der Waals surface area (Å²) in [5.41, 5.74) is 1.67. The van der Waals surface area contributed by atoms with Crippen LogP contribution in [0, 0.1) is 0 Å². The lowest BCUT2D eigenvalue weighted by Crippen LogP contribution is -2.21. The number of nitrogens with zero attached hydrogens (tertiary/aromatic N) is 3. The summed E-state index contributed by atoms with van der Waals surface area (Å²) in [6, 6.07) is 3.59. The summed E-state index contributed by atoms with van der Waals surface area (Å²) in [5.74, 6) is 0.686. The van der Waals surface area contributed by atoms with Gasteiger partial charge in [-0.1, -0.05) is 11.6 Å². The number of rotatable bonds is 4. The molecule has 0 saturated heterocycles. The maximum Gasteiger partial charge on any atom is 0.364 e. The van der Waals surface area contributed by atoms with E-state index < -0.39 is 0 Å². The van der Waals surface area contributed by atoms with Gasteiger partial charge in [0.25, 0.3) is 0 Å². The number of aromatic amines is 1. The molecular formula is C12H16N6O. The Morgan fingerprint density at radius 1 is 1.42 bits per heavy atom. The molecule has 0 unspecified atom stereocenters. The first-order valence-electron chi connectivity index (χ1n) is 6.40. The Balaban J connectivity index is 1.63. The Bertz CT molecular complexity index is 656. The SMILES string of the molecule is O=c1[nH]nc2ccc(NCCC3=CCNCC3)nn12. The van der Waals surface area contributed by atoms with E-state index in [1.165, 1.54) is 10.1 Å². The van der Waals surface area contributed by atoms with Gasteiger partial charge in [0, 0.05) is 13.1 Å². The Labute approximate surface area is 109 Å². The first-order chi connectivity index (χ1) is 9.33. The highest BCUT2D eigenvalue weighted by Gasteiger charge is 2.04. The van der Waals surface area contributed by atoms with Crippen LogP contribution in [0.4, 0.5) is 5.82 Å². The fourth-order valence-corrected chi connectivity index (χ4v) is 2.14. The van der Waals surface area contributed by atoms with Crippen LogP contribution in [0.25, 0.3) is 5.65 Å². The van der Waals surface area contributed by atoms with Gasteiger partial charge in [-0.25, -0.2) is 9.89 Å². The van der Waals surface area contributed by atoms with E-state index in [1.807, 2.05) is 6.07 Å². The minimum Gasteiger partial charge on any atom is -0.368 e. The second-order valence-corrected chi connectivity index (χ2v) is 4.51. The van der Waals surface area contributed by atoms with E-state index in [2.05, 4.69) is 32.0 Å². The average Bonchev–Trinajstić information content (AvgIpc) is 2.82. The molecule has 0 saturated carbocycles. The Kier molecular flexibility index (Phi) is 3.28. The number of anilines is 1. The molecule has 0 amide bonds. The van der Waals surface area contributed by atoms with Gasteiger partial charge in [-0.15, -0.1) is 5.10 Å². The maximum atomic E-state index is 11.4. The van der Waals surface area contributed by atoms with Crippen LogP contribution in [0.1, 0.15) is 12.8 Å². The predicted molar refractivity (Wildman–Crippen MR) is 72.3 cm³/mol. The van der Waals surface area contributed by atoms with E-state index in [4.69, 9.17) is 0 Å². The van der Waals surface area contributed by atoms with Crippen LogP contribution in [0.15, 0.2) is 28.6 Å². The molecule has 3 rings (SSSR count). The summed E-state index contributed by atoms with van der Waals surface area (Å²) >= 11 is 0. The molecule has 100 valence electrons. The number of aromatic nitrogens is 4. The average molecular weight is 260 g/mol. The second-order valence-electron chi connectivity index (χ2n) is 4.51. The lowest BCUT2D eigenvalue weighted by atomic mass is 10.1. The summed E-state index contributed by atoms with van der Waals surface area (Å²) in [6.45, 7) is 2.83. The molecule has 1 aliphatic heterocycles. The topological polar surface area (TPSA) is 87.1 Å². The van der Waals surface area contributed by atoms with Gasteiger partial charge in [-0.05, 0) is 31.5 Å². The van der Waals surface area contributed by atoms with Gasteiger partial charge < -0.3 is 10.6 Å². The minimum absolute atomic E-state index is 0.320. The summed E-state index contributed by atoms with van der Waals surface area (Å²) in [5, 5.41) is 16.9. The summed E-state index contributed by atoms with van der Waals surface area (Å²) in [7, 11) is 0. The minimum atomic E-state index is -0.320. The zero-order valence-electron chi connectivity index (χ0n) is 10.5. The largest absolute Gasteiger partial charge is 0.368 e. The van der Waals surface area contributed by atoms with Crippen molar-refractivity contribution in [3.8, 4) is 0 Å². The molecule has 0 aromatic carbocycles. The molecule has 19 heavy (non-hydrogen) atoms. The van der Waals surface area contributed by atoms with Gasteiger partial charge in [0.1, 0.15) is 5.82 Å². The molecule has 2 aromatic rings. The first kappa shape index (κ1) is 11.9. The van der Waals surface area contributed by atoms with Crippen molar-refractivity contribution in [1.29, 1.82) is 0 Å². The fraction of sp³-hybridized carbons (Fsp3) is 0.417. The van der Waals surface area contributed by atoms with E-state index >= 15 is 0 Å². The molecule has 0 fully saturated rings. The van der Waals surface area contributed by atoms with Gasteiger partial charge in [0.15, 0.2) is 5.65 Å². The van der Waals surface area contributed by atoms with E-state index in [-0.39, 0.29) is 5.69 Å². The highest BCUT2D eigenvalue weighted by Crippen LogP contribution is 2.10. The van der Waals surface area contributed by atoms with Crippen molar-refractivity contribution in [2.24, 2.45) is 0 Å². The molecule has 2 aromatic heterocycles. The van der Waals surface area contributed by atoms with E-state index in [1.54, 1.807) is 6.07 Å². The van der Waals surface area contributed by atoms with E-state index in [0.717, 1.165) is 32.5 Å². The first-order valence-corrected chi connectivity index (χ1v) is 6.40. The van der Waals surface area contributed by atoms with Crippen LogP contribution in [-0.4, -0.2) is 39.4 Å². The predicted octanol–water partition coefficient (Wildman–Crippen LogP) is 0.139. The molecule has 0 aliphatic carbocycles. The molecule has 0 spiro atoms. The third-order valence-electron chi connectivity index (χ3n) is 3.18. The number of fused-ring (bicyclic) bond motifs is 1. The van der Waals surface area contributed by atoms with Crippen molar-refractivity contribution in [2.45, 2.75) is 12.8 Å². The van der Waals surface area contributed by atoms with Crippen molar-refractivity contribution in [3.63, 3.8) is 0 Å². The highest BCUT2D eigenvalue weighted by molar-refractivity contribution is 5.42. The van der Waals surface area contributed by atoms with E-state index in [9.17, 15) is 4.79 Å². The number of nitrogens with one attached hydrogen (secondary N) is 3. The van der Waals surface area contributed by atoms with Crippen LogP contribution in [-0.2, 0) is 0 Å². The van der Waals surface area contributed by atoms with Crippen molar-refractivity contribution in [1.82, 2.24) is 25.1 Å². The molecule has 7 heteroatoms. The molecule has 1 aliphatic rings. The van der Waals surface area contributed by atoms with Crippen LogP contribution in [0.5, 0.6) is 0 Å². The molecule has 3 heterocycles. The second kappa shape index (κ2) is 5.23. The molecule has 7 nitrogen and oxygen atoms in total. The fourth-order valence-electron chi connectivity index (χ4n) is 2.14. The van der Waals surface area contributed by atoms with Gasteiger partial charge >= 0.3 is 5.69 Å². The van der Waals surface area contributed by atoms with Crippen LogP contribution in [0.3, 0.4) is 0 Å². The number of hydrogen-bond donors (Lipinski definition) is 3. The molecule has 0 radical (unpaired) electrons. The summed E-state index contributed by atoms with van der Waals surface area (Å²) < 4.78 is 1.26. The molecule has 0 atom stereocenters. The Morgan fingerprint density at radius 2 is 2.37 bits per heavy atom. The summed E-state index contributed by atoms with van der Waals surface area (Å²) in [6.07, 6.45) is 4.35. The van der Waals surface area contributed by atoms with Crippen molar-refractivity contribution in [2.75, 3.05) is 25.0 Å². The lowest BCUT2D eigenvalue weighted by molar-refractivity contribution is 0.683. The zero-order valence-corrected chi connectivity index (χ0v) is 10.5. The monoisotopic (exact) mass is 260 g/mol. The van der Waals surface area contributed by atoms with Gasteiger partial charge in [0.2, 0.25) is 0 Å². The van der Waals surface area contributed by atoms with Gasteiger partial charge in [-0.3, -0.25) is 0 Å². The van der Waals surface area contributed by atoms with Crippen molar-refractivity contribution in [3.05, 3.63) is 34.3 Å². The van der Waals surface area contributed by atoms with Crippen molar-refractivity contribution < 1.29 is 0 Å². The van der Waals surface area contributed by atoms with Gasteiger partial charge in [-0.2, -0.15) is 9.61 Å². The Morgan fingerprint density at radius 3 is 3.21 bits per heavy atom. The Hall–Kier alpha value is -2.15. The van der Waals surface area contributed by atoms with E-state index in [0.29, 0.717) is 11.5 Å². The van der Waals surface area contributed by atoms with Crippen LogP contribution < -0.4 is 16.3 Å². The van der Waals surface area contributed by atoms with Crippen LogP contribution >= 0.6 is 0 Å². The van der Waals surface area contributed by atoms with Crippen molar-refractivity contribution >= 4 is 11.5 Å². The lowest BCUT2D eigenvalue weighted by Gasteiger charge is -2.14. The number of H-pyrrole nitrogens is 1.